The number of carbonyl (C=O) groups excluding carboxylic acids is 4. The van der Waals surface area contributed by atoms with Crippen molar-refractivity contribution in [1.29, 1.82) is 0 Å². The van der Waals surface area contributed by atoms with E-state index in [0.717, 1.165) is 168 Å². The Hall–Kier alpha value is -7.61. The van der Waals surface area contributed by atoms with E-state index >= 15 is 0 Å². The maximum absolute atomic E-state index is 12.9. The van der Waals surface area contributed by atoms with Crippen LogP contribution in [0.5, 0.6) is 0 Å². The van der Waals surface area contributed by atoms with Crippen LogP contribution in [-0.2, 0) is 102 Å². The second-order valence-electron chi connectivity index (χ2n) is 27.0. The molecule has 0 saturated carbocycles. The van der Waals surface area contributed by atoms with Crippen molar-refractivity contribution in [2.45, 2.75) is 253 Å². The summed E-state index contributed by atoms with van der Waals surface area (Å²) < 4.78 is 43.1. The van der Waals surface area contributed by atoms with Gasteiger partial charge in [-0.1, -0.05) is 75.7 Å². The van der Waals surface area contributed by atoms with Gasteiger partial charge in [0.2, 0.25) is 0 Å². The molecule has 4 aromatic rings. The van der Waals surface area contributed by atoms with Crippen molar-refractivity contribution in [3.05, 3.63) is 121 Å². The van der Waals surface area contributed by atoms with Gasteiger partial charge in [0.25, 0.3) is 0 Å². The van der Waals surface area contributed by atoms with Gasteiger partial charge in [-0.25, -0.2) is 29.7 Å². The number of amides is 1. The molecule has 6 rings (SSSR count). The first-order chi connectivity index (χ1) is 50.1. The molecule has 0 fully saturated rings. The summed E-state index contributed by atoms with van der Waals surface area (Å²) in [6.07, 6.45) is 31.8. The smallest absolute Gasteiger partial charge is 0.416 e. The number of unbranched alkanes of at least 4 members (excludes halogenated alkanes) is 8. The maximum atomic E-state index is 12.9. The van der Waals surface area contributed by atoms with Crippen LogP contribution in [0, 0.1) is 0 Å². The molecule has 0 saturated heterocycles. The molecule has 0 spiro atoms. The second kappa shape index (κ2) is 56.7. The van der Waals surface area contributed by atoms with Crippen LogP contribution in [0.2, 0.25) is 0 Å². The van der Waals surface area contributed by atoms with Crippen molar-refractivity contribution >= 4 is 35.4 Å². The van der Waals surface area contributed by atoms with Crippen molar-refractivity contribution in [3.63, 3.8) is 0 Å². The average molecular weight is 1470 g/mol. The minimum absolute atomic E-state index is 0. The van der Waals surface area contributed by atoms with Crippen LogP contribution in [0.15, 0.2) is 59.3 Å². The Morgan fingerprint density at radius 1 is 0.524 bits per heavy atom. The van der Waals surface area contributed by atoms with E-state index in [1.54, 1.807) is 17.3 Å². The lowest BCUT2D eigenvalue weighted by molar-refractivity contribution is -0.143. The van der Waals surface area contributed by atoms with Gasteiger partial charge in [-0.15, -0.1) is 0 Å². The largest absolute Gasteiger partial charge is 0.481 e. The Morgan fingerprint density at radius 2 is 0.962 bits per heavy atom. The zero-order valence-electron chi connectivity index (χ0n) is 61.9. The Morgan fingerprint density at radius 3 is 1.45 bits per heavy atom. The second-order valence-corrected chi connectivity index (χ2v) is 27.0. The standard InChI is InChI=1S/C41H63N7O8.C35H52N6O6.2CH4/c1-5-55-38(50)29-33(13-8-6-7-9-15-35-19-18-32-14-12-22-48(39(32)46-35)40(51)56-41(2,3)4)34-30-43-37(44-31-34)17-11-10-16-36(49)20-23-52-25-27-54-28-26-53-24-21-45-47-42;36-41-39-18-20-46-22-24-47-23-21-45-19-17-32(42)12-6-8-14-34-37-26-30(27-38-34)29(25-35(43)44)10-3-1-2-4-11-31-16-15-28-9-5-7-13-33(28)40-31;;/h18-19,30-31,33H,5-17,20-29H2,1-4H3;15-16,26-27,29H,1-14,17-25H2,(H,43,44);2*1H4/t33-;29-;;/m00../s1. The molecule has 2 atom stereocenters. The fourth-order valence-corrected chi connectivity index (χ4v) is 12.0. The topological polar surface area (TPSA) is 358 Å². The highest BCUT2D eigenvalue weighted by molar-refractivity contribution is 5.88. The number of carbonyl (C=O) groups is 5. The number of aryl methyl sites for hydroxylation is 7. The van der Waals surface area contributed by atoms with Gasteiger partial charge >= 0.3 is 18.0 Å². The zero-order valence-corrected chi connectivity index (χ0v) is 61.9. The summed E-state index contributed by atoms with van der Waals surface area (Å²) in [6.45, 7) is 13.9. The lowest BCUT2D eigenvalue weighted by Crippen LogP contribution is -2.40. The number of hydrogen-bond acceptors (Lipinski definition) is 21. The molecule has 105 heavy (non-hydrogen) atoms. The number of hydrogen-bond donors (Lipinski definition) is 1. The van der Waals surface area contributed by atoms with E-state index in [1.807, 2.05) is 40.1 Å². The SMILES string of the molecule is C.C.CCOC(=O)C[C@H](CCCCCCc1ccc2c(n1)N(C(=O)OC(C)(C)C)CCC2)c1cnc(CCCCC(=O)CCOCCOCCOCCN=[N+]=[N-])nc1.[N-]=[N+]=NCCOCCOCCOCCC(=O)CCCCc1ncc([C@@H](CCCCCCc2ccc3c(n2)CCCC3)CC(=O)O)cn1. The summed E-state index contributed by atoms with van der Waals surface area (Å²) in [5, 5.41) is 16.2. The highest BCUT2D eigenvalue weighted by Crippen LogP contribution is 2.31. The van der Waals surface area contributed by atoms with Gasteiger partial charge in [0.15, 0.2) is 0 Å². The summed E-state index contributed by atoms with van der Waals surface area (Å²) in [4.78, 5) is 96.3. The first-order valence-corrected chi connectivity index (χ1v) is 37.6. The molecule has 1 N–H and O–H groups in total. The quantitative estimate of drug-likeness (QED) is 0.0141. The first kappa shape index (κ1) is 91.6. The number of fused-ring (bicyclic) bond motifs is 2. The van der Waals surface area contributed by atoms with Gasteiger partial charge in [-0.05, 0) is 188 Å². The number of pyridine rings is 2. The van der Waals surface area contributed by atoms with E-state index in [1.165, 1.54) is 29.8 Å². The van der Waals surface area contributed by atoms with Crippen molar-refractivity contribution in [3.8, 4) is 0 Å². The molecule has 1 aliphatic carbocycles. The number of ether oxygens (including phenoxy) is 8. The average Bonchev–Trinajstić information content (AvgIpc) is 0.811. The van der Waals surface area contributed by atoms with Gasteiger partial charge in [0, 0.05) is 110 Å². The van der Waals surface area contributed by atoms with Crippen molar-refractivity contribution in [2.24, 2.45) is 10.2 Å². The third kappa shape index (κ3) is 41.8. The highest BCUT2D eigenvalue weighted by Gasteiger charge is 2.29. The van der Waals surface area contributed by atoms with Gasteiger partial charge in [-0.2, -0.15) is 0 Å². The Labute approximate surface area is 623 Å². The van der Waals surface area contributed by atoms with Crippen LogP contribution in [0.3, 0.4) is 0 Å². The number of aromatic nitrogens is 6. The van der Waals surface area contributed by atoms with Crippen LogP contribution >= 0.6 is 0 Å². The lowest BCUT2D eigenvalue weighted by Gasteiger charge is -2.31. The van der Waals surface area contributed by atoms with Gasteiger partial charge in [0.1, 0.15) is 34.6 Å². The fourth-order valence-electron chi connectivity index (χ4n) is 12.0. The summed E-state index contributed by atoms with van der Waals surface area (Å²) >= 11 is 0. The van der Waals surface area contributed by atoms with E-state index in [9.17, 15) is 29.1 Å². The number of carboxylic acid groups (broad SMARTS) is 1. The molecular formula is C78H123N13O14. The summed E-state index contributed by atoms with van der Waals surface area (Å²) in [5.41, 5.74) is 23.6. The number of azide groups is 2. The number of Topliss-reactive ketones (excluding diaryl/α,β-unsaturated/α-hetero) is 2. The van der Waals surface area contributed by atoms with Gasteiger partial charge in [0.05, 0.1) is 98.7 Å². The number of rotatable bonds is 55. The molecule has 27 heteroatoms. The van der Waals surface area contributed by atoms with E-state index in [2.05, 4.69) is 64.3 Å². The predicted octanol–water partition coefficient (Wildman–Crippen LogP) is 15.6. The number of carboxylic acids is 1. The van der Waals surface area contributed by atoms with Crippen LogP contribution in [-0.4, -0.2) is 176 Å². The molecule has 0 unspecified atom stereocenters. The minimum Gasteiger partial charge on any atom is -0.481 e. The van der Waals surface area contributed by atoms with E-state index in [4.69, 9.17) is 58.9 Å². The van der Waals surface area contributed by atoms with E-state index in [0.29, 0.717) is 150 Å². The van der Waals surface area contributed by atoms with Gasteiger partial charge < -0.3 is 43.0 Å². The number of ketones is 2. The molecule has 584 valence electrons. The Balaban J connectivity index is 0.000000543. The molecule has 0 bridgehead atoms. The molecule has 4 aromatic heterocycles. The van der Waals surface area contributed by atoms with Gasteiger partial charge in [-0.3, -0.25) is 29.1 Å². The number of anilines is 1. The molecule has 1 amide bonds. The molecule has 27 nitrogen and oxygen atoms in total. The van der Waals surface area contributed by atoms with Crippen LogP contribution in [0.25, 0.3) is 20.9 Å². The number of nitrogens with zero attached hydrogens (tertiary/aromatic N) is 13. The molecule has 2 aliphatic rings. The number of aliphatic carboxylic acids is 1. The molecular weight excluding hydrogens is 1340 g/mol. The van der Waals surface area contributed by atoms with Crippen LogP contribution in [0.4, 0.5) is 10.6 Å². The maximum Gasteiger partial charge on any atom is 0.416 e. The summed E-state index contributed by atoms with van der Waals surface area (Å²) in [5.74, 6) is 1.37. The molecule has 0 radical (unpaired) electrons. The summed E-state index contributed by atoms with van der Waals surface area (Å²) in [7, 11) is 0. The zero-order chi connectivity index (χ0) is 73.8. The van der Waals surface area contributed by atoms with E-state index < -0.39 is 11.6 Å². The fraction of sp³-hybridized carbons (Fsp3) is 0.705. The van der Waals surface area contributed by atoms with E-state index in [-0.39, 0.29) is 56.7 Å². The van der Waals surface area contributed by atoms with Crippen molar-refractivity contribution in [2.75, 3.05) is 110 Å². The van der Waals surface area contributed by atoms with Crippen molar-refractivity contribution < 1.29 is 67.0 Å². The minimum atomic E-state index is -0.803. The predicted molar refractivity (Wildman–Crippen MR) is 404 cm³/mol. The highest BCUT2D eigenvalue weighted by atomic mass is 16.6. The Bertz CT molecular complexity index is 3160. The number of esters is 1. The first-order valence-electron chi connectivity index (χ1n) is 37.6. The van der Waals surface area contributed by atoms with Crippen LogP contribution < -0.4 is 4.90 Å². The Kier molecular flexibility index (Phi) is 49.5. The molecule has 1 aliphatic heterocycles. The van der Waals surface area contributed by atoms with Crippen LogP contribution in [0.1, 0.15) is 253 Å². The third-order valence-corrected chi connectivity index (χ3v) is 17.5. The molecule has 5 heterocycles. The lowest BCUT2D eigenvalue weighted by atomic mass is 9.92. The normalized spacial score (nSPS) is 12.9. The monoisotopic (exact) mass is 1470 g/mol. The summed E-state index contributed by atoms with van der Waals surface area (Å²) in [6, 6.07) is 8.63. The van der Waals surface area contributed by atoms with Crippen molar-refractivity contribution in [1.82, 2.24) is 29.9 Å². The third-order valence-electron chi connectivity index (χ3n) is 17.5. The molecule has 0 aromatic carbocycles.